The minimum atomic E-state index is -0.485. The molecule has 1 aliphatic carbocycles. The fourth-order valence-corrected chi connectivity index (χ4v) is 3.16. The second-order valence-corrected chi connectivity index (χ2v) is 5.67. The Morgan fingerprint density at radius 1 is 1.59 bits per heavy atom. The Bertz CT molecular complexity index is 417. The quantitative estimate of drug-likeness (QED) is 0.868. The second-order valence-electron chi connectivity index (χ2n) is 4.47. The van der Waals surface area contributed by atoms with Crippen LogP contribution in [-0.2, 0) is 11.2 Å². The Hall–Kier alpha value is -0.940. The molecule has 2 unspecified atom stereocenters. The predicted molar refractivity (Wildman–Crippen MR) is 68.2 cm³/mol. The number of anilines is 1. The van der Waals surface area contributed by atoms with Crippen molar-refractivity contribution in [1.82, 2.24) is 4.98 Å². The molecule has 2 atom stereocenters. The van der Waals surface area contributed by atoms with E-state index in [9.17, 15) is 9.90 Å². The van der Waals surface area contributed by atoms with E-state index < -0.39 is 6.10 Å². The highest BCUT2D eigenvalue weighted by molar-refractivity contribution is 7.15. The van der Waals surface area contributed by atoms with Crippen LogP contribution in [0.3, 0.4) is 0 Å². The van der Waals surface area contributed by atoms with Gasteiger partial charge >= 0.3 is 0 Å². The van der Waals surface area contributed by atoms with Crippen LogP contribution in [0, 0.1) is 12.8 Å². The average molecular weight is 254 g/mol. The number of aromatic nitrogens is 1. The number of carbonyl (C=O) groups excluding carboxylic acids is 1. The van der Waals surface area contributed by atoms with Crippen molar-refractivity contribution in [2.45, 2.75) is 45.6 Å². The van der Waals surface area contributed by atoms with Crippen molar-refractivity contribution in [3.8, 4) is 0 Å². The van der Waals surface area contributed by atoms with Gasteiger partial charge in [0.05, 0.1) is 17.7 Å². The van der Waals surface area contributed by atoms with E-state index in [2.05, 4.69) is 10.3 Å². The van der Waals surface area contributed by atoms with Gasteiger partial charge < -0.3 is 10.4 Å². The van der Waals surface area contributed by atoms with Gasteiger partial charge in [0.2, 0.25) is 5.91 Å². The van der Waals surface area contributed by atoms with Crippen LogP contribution in [0.15, 0.2) is 0 Å². The number of hydrogen-bond donors (Lipinski definition) is 2. The maximum absolute atomic E-state index is 11.9. The summed E-state index contributed by atoms with van der Waals surface area (Å²) in [5.41, 5.74) is 1.04. The molecule has 0 spiro atoms. The van der Waals surface area contributed by atoms with Crippen LogP contribution in [0.25, 0.3) is 0 Å². The molecule has 1 fully saturated rings. The largest absolute Gasteiger partial charge is 0.392 e. The lowest BCUT2D eigenvalue weighted by Gasteiger charge is -2.12. The number of nitrogens with zero attached hydrogens (tertiary/aromatic N) is 1. The van der Waals surface area contributed by atoms with Gasteiger partial charge in [-0.3, -0.25) is 4.79 Å². The van der Waals surface area contributed by atoms with Crippen LogP contribution < -0.4 is 5.32 Å². The first-order valence-corrected chi connectivity index (χ1v) is 6.88. The lowest BCUT2D eigenvalue weighted by molar-refractivity contribution is -0.122. The summed E-state index contributed by atoms with van der Waals surface area (Å²) in [6, 6.07) is 0. The minimum absolute atomic E-state index is 0.0913. The van der Waals surface area contributed by atoms with Gasteiger partial charge in [-0.25, -0.2) is 4.98 Å². The van der Waals surface area contributed by atoms with Crippen LogP contribution in [-0.4, -0.2) is 22.1 Å². The molecule has 0 aromatic carbocycles. The predicted octanol–water partition coefficient (Wildman–Crippen LogP) is 2.11. The molecule has 2 N–H and O–H groups in total. The van der Waals surface area contributed by atoms with Crippen molar-refractivity contribution in [1.29, 1.82) is 0 Å². The number of aliphatic hydroxyl groups is 1. The van der Waals surface area contributed by atoms with Gasteiger partial charge in [-0.2, -0.15) is 0 Å². The number of thiazole rings is 1. The van der Waals surface area contributed by atoms with Crippen molar-refractivity contribution >= 4 is 22.4 Å². The van der Waals surface area contributed by atoms with Crippen LogP contribution in [0.2, 0.25) is 0 Å². The highest BCUT2D eigenvalue weighted by atomic mass is 32.1. The number of amides is 1. The molecule has 1 saturated carbocycles. The maximum atomic E-state index is 11.9. The first-order chi connectivity index (χ1) is 8.11. The van der Waals surface area contributed by atoms with E-state index >= 15 is 0 Å². The zero-order chi connectivity index (χ0) is 12.4. The van der Waals surface area contributed by atoms with Crippen molar-refractivity contribution < 1.29 is 9.90 Å². The van der Waals surface area contributed by atoms with Gasteiger partial charge in [-0.15, -0.1) is 11.3 Å². The monoisotopic (exact) mass is 254 g/mol. The van der Waals surface area contributed by atoms with Crippen molar-refractivity contribution in [3.63, 3.8) is 0 Å². The Labute approximate surface area is 105 Å². The molecule has 1 aromatic rings. The lowest BCUT2D eigenvalue weighted by Crippen LogP contribution is -2.28. The number of carbonyl (C=O) groups is 1. The molecule has 1 aromatic heterocycles. The average Bonchev–Trinajstić information content (AvgIpc) is 2.84. The number of aliphatic hydroxyl groups excluding tert-OH is 1. The third-order valence-electron chi connectivity index (χ3n) is 3.27. The summed E-state index contributed by atoms with van der Waals surface area (Å²) in [5.74, 6) is -0.351. The molecule has 4 nitrogen and oxygen atoms in total. The third kappa shape index (κ3) is 2.66. The van der Waals surface area contributed by atoms with E-state index in [1.807, 2.05) is 13.8 Å². The van der Waals surface area contributed by atoms with Crippen LogP contribution in [0.4, 0.5) is 5.13 Å². The summed E-state index contributed by atoms with van der Waals surface area (Å²) in [7, 11) is 0. The number of hydrogen-bond acceptors (Lipinski definition) is 4. The Balaban J connectivity index is 2.02. The summed E-state index contributed by atoms with van der Waals surface area (Å²) >= 11 is 1.50. The van der Waals surface area contributed by atoms with Crippen LogP contribution in [0.1, 0.15) is 36.8 Å². The Morgan fingerprint density at radius 3 is 2.88 bits per heavy atom. The number of rotatable bonds is 3. The Kier molecular flexibility index (Phi) is 3.79. The molecule has 1 heterocycles. The van der Waals surface area contributed by atoms with Gasteiger partial charge in [0.1, 0.15) is 0 Å². The first-order valence-electron chi connectivity index (χ1n) is 6.07. The molecule has 17 heavy (non-hydrogen) atoms. The molecule has 5 heteroatoms. The highest BCUT2D eigenvalue weighted by Gasteiger charge is 2.31. The van der Waals surface area contributed by atoms with Crippen LogP contribution in [0.5, 0.6) is 0 Å². The molecule has 1 amide bonds. The standard InChI is InChI=1S/C12H18N2O2S/c1-3-9-7(2)17-12(13-9)14-11(16)8-5-4-6-10(8)15/h8,10,15H,3-6H2,1-2H3,(H,13,14,16). The molecule has 0 radical (unpaired) electrons. The van der Waals surface area contributed by atoms with Crippen molar-refractivity contribution in [3.05, 3.63) is 10.6 Å². The van der Waals surface area contributed by atoms with Crippen molar-refractivity contribution in [2.75, 3.05) is 5.32 Å². The zero-order valence-electron chi connectivity index (χ0n) is 10.2. The smallest absolute Gasteiger partial charge is 0.231 e. The number of nitrogens with one attached hydrogen (secondary N) is 1. The summed E-state index contributed by atoms with van der Waals surface area (Å²) in [6.45, 7) is 4.06. The fraction of sp³-hybridized carbons (Fsp3) is 0.667. The van der Waals surface area contributed by atoms with E-state index in [1.54, 1.807) is 0 Å². The topological polar surface area (TPSA) is 62.2 Å². The highest BCUT2D eigenvalue weighted by Crippen LogP contribution is 2.28. The molecule has 0 bridgehead atoms. The summed E-state index contributed by atoms with van der Waals surface area (Å²) in [5, 5.41) is 13.1. The molecule has 0 aliphatic heterocycles. The second kappa shape index (κ2) is 5.14. The molecule has 2 rings (SSSR count). The van der Waals surface area contributed by atoms with Gasteiger partial charge in [-0.1, -0.05) is 6.92 Å². The molecular weight excluding hydrogens is 236 g/mol. The summed E-state index contributed by atoms with van der Waals surface area (Å²) < 4.78 is 0. The molecule has 1 aliphatic rings. The first kappa shape index (κ1) is 12.5. The molecule has 0 saturated heterocycles. The van der Waals surface area contributed by atoms with Crippen molar-refractivity contribution in [2.24, 2.45) is 5.92 Å². The van der Waals surface area contributed by atoms with Gasteiger partial charge in [0, 0.05) is 4.88 Å². The Morgan fingerprint density at radius 2 is 2.35 bits per heavy atom. The SMILES string of the molecule is CCc1nc(NC(=O)C2CCCC2O)sc1C. The van der Waals surface area contributed by atoms with E-state index in [0.29, 0.717) is 5.13 Å². The number of aryl methyl sites for hydroxylation is 2. The maximum Gasteiger partial charge on any atom is 0.231 e. The lowest BCUT2D eigenvalue weighted by atomic mass is 10.1. The van der Waals surface area contributed by atoms with Gasteiger partial charge in [-0.05, 0) is 32.6 Å². The summed E-state index contributed by atoms with van der Waals surface area (Å²) in [6.07, 6.45) is 2.83. The normalized spacial score (nSPS) is 23.9. The fourth-order valence-electron chi connectivity index (χ4n) is 2.25. The molecule has 94 valence electrons. The summed E-state index contributed by atoms with van der Waals surface area (Å²) in [4.78, 5) is 17.4. The van der Waals surface area contributed by atoms with Gasteiger partial charge in [0.15, 0.2) is 5.13 Å². The van der Waals surface area contributed by atoms with Gasteiger partial charge in [0.25, 0.3) is 0 Å². The zero-order valence-corrected chi connectivity index (χ0v) is 11.0. The van der Waals surface area contributed by atoms with E-state index in [4.69, 9.17) is 0 Å². The van der Waals surface area contributed by atoms with Crippen LogP contribution >= 0.6 is 11.3 Å². The van der Waals surface area contributed by atoms with E-state index in [1.165, 1.54) is 11.3 Å². The third-order valence-corrected chi connectivity index (χ3v) is 4.20. The van der Waals surface area contributed by atoms with E-state index in [0.717, 1.165) is 36.3 Å². The van der Waals surface area contributed by atoms with E-state index in [-0.39, 0.29) is 11.8 Å². The minimum Gasteiger partial charge on any atom is -0.392 e. The molecular formula is C12H18N2O2S.